The van der Waals surface area contributed by atoms with Crippen molar-refractivity contribution in [2.75, 3.05) is 12.3 Å². The number of rotatable bonds is 7. The molecular weight excluding hydrogens is 741 g/mol. The first-order valence-corrected chi connectivity index (χ1v) is 23.4. The summed E-state index contributed by atoms with van der Waals surface area (Å²) in [6.45, 7) is 19.8. The van der Waals surface area contributed by atoms with Gasteiger partial charge in [-0.2, -0.15) is 5.10 Å². The number of nitrogens with one attached hydrogen (secondary N) is 1. The van der Waals surface area contributed by atoms with Crippen LogP contribution in [0.3, 0.4) is 0 Å². The van der Waals surface area contributed by atoms with Gasteiger partial charge in [0.2, 0.25) is 0 Å². The number of aromatic amines is 1. The van der Waals surface area contributed by atoms with Crippen LogP contribution in [0.25, 0.3) is 16.5 Å². The van der Waals surface area contributed by atoms with E-state index in [1.165, 1.54) is 20.8 Å². The van der Waals surface area contributed by atoms with E-state index in [0.717, 1.165) is 87.1 Å². The number of benzene rings is 2. The van der Waals surface area contributed by atoms with Crippen LogP contribution in [0.4, 0.5) is 5.82 Å². The van der Waals surface area contributed by atoms with Gasteiger partial charge in [0.05, 0.1) is 22.4 Å². The van der Waals surface area contributed by atoms with Crippen molar-refractivity contribution < 1.29 is 17.9 Å². The third-order valence-electron chi connectivity index (χ3n) is 17.4. The molecule has 1 unspecified atom stereocenters. The Morgan fingerprint density at radius 3 is 2.38 bits per heavy atom. The first kappa shape index (κ1) is 39.6. The van der Waals surface area contributed by atoms with Gasteiger partial charge in [0.25, 0.3) is 10.0 Å². The molecule has 2 aromatic carbocycles. The molecule has 0 aliphatic heterocycles. The third-order valence-corrected chi connectivity index (χ3v) is 19.1. The molecule has 3 saturated carbocycles. The van der Waals surface area contributed by atoms with Gasteiger partial charge in [-0.1, -0.05) is 104 Å². The predicted octanol–water partition coefficient (Wildman–Crippen LogP) is 10.9. The summed E-state index contributed by atoms with van der Waals surface area (Å²) in [5.74, 6) is 1.22. The number of nitrogens with zero attached hydrogens (tertiary/aromatic N) is 2. The SMILES string of the molecule is CCCCOC(=O)[C@]12CCC(C)(C)C[C@H]1C1=C(c3cn(S(=O)(=O)c4ccccc4)c4ccccc34)CC3[C@@]4(C)Cc5c(N)n[nH]c5C(C)(C)[C@@H]4CC[C@@]3(C)[C@]1(C)CC2. The lowest BCUT2D eigenvalue weighted by atomic mass is 9.33. The summed E-state index contributed by atoms with van der Waals surface area (Å²) >= 11 is 0. The van der Waals surface area contributed by atoms with Crippen LogP contribution in [0, 0.1) is 44.8 Å². The van der Waals surface area contributed by atoms with E-state index in [9.17, 15) is 13.2 Å². The first-order chi connectivity index (χ1) is 27.4. The van der Waals surface area contributed by atoms with Crippen molar-refractivity contribution in [3.63, 3.8) is 0 Å². The molecule has 8 nitrogen and oxygen atoms in total. The Kier molecular flexibility index (Phi) is 8.93. The van der Waals surface area contributed by atoms with Crippen molar-refractivity contribution in [3.05, 3.63) is 83.2 Å². The molecule has 4 aromatic rings. The number of esters is 1. The van der Waals surface area contributed by atoms with E-state index in [2.05, 4.69) is 71.7 Å². The number of nitrogens with two attached hydrogens (primary N) is 1. The molecule has 310 valence electrons. The Labute approximate surface area is 345 Å². The molecule has 0 spiro atoms. The Morgan fingerprint density at radius 2 is 1.64 bits per heavy atom. The molecule has 9 rings (SSSR count). The van der Waals surface area contributed by atoms with Crippen LogP contribution in [0.2, 0.25) is 0 Å². The van der Waals surface area contributed by atoms with Crippen LogP contribution in [-0.4, -0.2) is 35.2 Å². The molecule has 0 amide bonds. The second-order valence-electron chi connectivity index (χ2n) is 21.1. The summed E-state index contributed by atoms with van der Waals surface area (Å²) < 4.78 is 37.1. The number of H-pyrrole nitrogens is 1. The summed E-state index contributed by atoms with van der Waals surface area (Å²) in [5, 5.41) is 8.89. The maximum Gasteiger partial charge on any atom is 0.312 e. The number of anilines is 1. The Balaban J connectivity index is 1.33. The lowest BCUT2D eigenvalue weighted by Crippen LogP contribution is -2.65. The number of nitrogen functional groups attached to an aromatic ring is 1. The van der Waals surface area contributed by atoms with E-state index >= 15 is 0 Å². The maximum absolute atomic E-state index is 14.8. The average Bonchev–Trinajstić information content (AvgIpc) is 3.76. The predicted molar refractivity (Wildman–Crippen MR) is 231 cm³/mol. The van der Waals surface area contributed by atoms with E-state index in [1.807, 2.05) is 30.5 Å². The molecule has 2 aromatic heterocycles. The van der Waals surface area contributed by atoms with Crippen LogP contribution >= 0.6 is 0 Å². The minimum Gasteiger partial charge on any atom is -0.465 e. The highest BCUT2D eigenvalue weighted by atomic mass is 32.2. The van der Waals surface area contributed by atoms with Gasteiger partial charge in [-0.25, -0.2) is 12.4 Å². The minimum absolute atomic E-state index is 0.0193. The maximum atomic E-state index is 14.8. The molecule has 0 saturated heterocycles. The van der Waals surface area contributed by atoms with Crippen molar-refractivity contribution in [1.29, 1.82) is 0 Å². The molecule has 5 aliphatic carbocycles. The van der Waals surface area contributed by atoms with Crippen molar-refractivity contribution >= 4 is 38.3 Å². The van der Waals surface area contributed by atoms with Crippen molar-refractivity contribution in [2.45, 2.75) is 136 Å². The van der Waals surface area contributed by atoms with Crippen LogP contribution in [-0.2, 0) is 31.4 Å². The van der Waals surface area contributed by atoms with Gasteiger partial charge in [0.1, 0.15) is 5.82 Å². The third kappa shape index (κ3) is 5.32. The average molecular weight is 805 g/mol. The molecule has 0 bridgehead atoms. The van der Waals surface area contributed by atoms with Crippen molar-refractivity contribution in [3.8, 4) is 0 Å². The summed E-state index contributed by atoms with van der Waals surface area (Å²) in [5.41, 5.74) is 12.2. The number of carbonyl (C=O) groups excluding carboxylic acids is 1. The standard InChI is InChI=1S/C49H64N4O4S/c1-9-10-26-57-43(54)49-24-22-44(2,3)29-36(49)40-33(35-30-53(37-19-15-14-18-32(35)37)58(55,56)31-16-12-11-13-17-31)27-39-46(6)28-34-41(51-52-42(34)50)45(4,5)38(46)20-21-47(39,7)48(40,8)23-25-49/h11-19,30,36,38-39H,9-10,20-29H2,1-8H3,(H3,50,51,52)/t36-,38-,39?,46-,47+,48+,49-/m0/s1. The van der Waals surface area contributed by atoms with Crippen LogP contribution in [0.5, 0.6) is 0 Å². The summed E-state index contributed by atoms with van der Waals surface area (Å²) in [7, 11) is -3.93. The molecular formula is C49H64N4O4S. The fraction of sp³-hybridized carbons (Fsp3) is 0.592. The summed E-state index contributed by atoms with van der Waals surface area (Å²) in [4.78, 5) is 15.1. The van der Waals surface area contributed by atoms with Crippen LogP contribution < -0.4 is 5.73 Å². The number of ether oxygens (including phenoxy) is 1. The van der Waals surface area contributed by atoms with Gasteiger partial charge in [-0.3, -0.25) is 9.89 Å². The van der Waals surface area contributed by atoms with E-state index < -0.39 is 15.4 Å². The number of allylic oxidation sites excluding steroid dienone is 2. The normalized spacial score (nSPS) is 33.7. The molecule has 7 atom stereocenters. The molecule has 58 heavy (non-hydrogen) atoms. The number of para-hydroxylation sites is 1. The molecule has 3 fully saturated rings. The van der Waals surface area contributed by atoms with E-state index in [0.29, 0.717) is 23.9 Å². The smallest absolute Gasteiger partial charge is 0.312 e. The summed E-state index contributed by atoms with van der Waals surface area (Å²) in [6, 6.07) is 16.8. The zero-order valence-electron chi connectivity index (χ0n) is 36.0. The van der Waals surface area contributed by atoms with E-state index in [4.69, 9.17) is 10.5 Å². The number of unbranched alkanes of at least 4 members (excludes halogenated alkanes) is 1. The quantitative estimate of drug-likeness (QED) is 0.142. The van der Waals surface area contributed by atoms with Crippen LogP contribution in [0.1, 0.15) is 136 Å². The lowest BCUT2D eigenvalue weighted by molar-refractivity contribution is -0.180. The lowest BCUT2D eigenvalue weighted by Gasteiger charge is -2.71. The summed E-state index contributed by atoms with van der Waals surface area (Å²) in [6.07, 6.45) is 12.0. The zero-order chi connectivity index (χ0) is 41.3. The highest BCUT2D eigenvalue weighted by Crippen LogP contribution is 2.77. The topological polar surface area (TPSA) is 120 Å². The Bertz CT molecular complexity index is 2440. The van der Waals surface area contributed by atoms with Gasteiger partial charge in [0, 0.05) is 33.8 Å². The highest BCUT2D eigenvalue weighted by Gasteiger charge is 2.70. The van der Waals surface area contributed by atoms with Gasteiger partial charge < -0.3 is 10.5 Å². The first-order valence-electron chi connectivity index (χ1n) is 22.0. The molecule has 5 aliphatic rings. The van der Waals surface area contributed by atoms with Crippen molar-refractivity contribution in [2.24, 2.45) is 44.8 Å². The zero-order valence-corrected chi connectivity index (χ0v) is 36.8. The van der Waals surface area contributed by atoms with Gasteiger partial charge in [-0.05, 0) is 127 Å². The fourth-order valence-corrected chi connectivity index (χ4v) is 15.6. The number of carbonyl (C=O) groups is 1. The minimum atomic E-state index is -3.93. The number of aromatic nitrogens is 3. The van der Waals surface area contributed by atoms with E-state index in [-0.39, 0.29) is 49.8 Å². The number of fused-ring (bicyclic) bond motifs is 9. The van der Waals surface area contributed by atoms with Gasteiger partial charge in [-0.15, -0.1) is 0 Å². The van der Waals surface area contributed by atoms with Gasteiger partial charge >= 0.3 is 5.97 Å². The second-order valence-corrected chi connectivity index (χ2v) is 22.9. The molecule has 3 N–H and O–H groups in total. The van der Waals surface area contributed by atoms with Crippen LogP contribution in [0.15, 0.2) is 71.3 Å². The fourth-order valence-electron chi connectivity index (χ4n) is 14.2. The number of hydrogen-bond acceptors (Lipinski definition) is 6. The Hall–Kier alpha value is -3.85. The molecule has 9 heteroatoms. The number of hydrogen-bond donors (Lipinski definition) is 2. The monoisotopic (exact) mass is 804 g/mol. The van der Waals surface area contributed by atoms with Crippen molar-refractivity contribution in [1.82, 2.24) is 14.2 Å². The second kappa shape index (κ2) is 13.1. The highest BCUT2D eigenvalue weighted by molar-refractivity contribution is 7.90. The largest absolute Gasteiger partial charge is 0.465 e. The molecule has 2 heterocycles. The van der Waals surface area contributed by atoms with Gasteiger partial charge in [0.15, 0.2) is 0 Å². The molecule has 0 radical (unpaired) electrons. The van der Waals surface area contributed by atoms with E-state index in [1.54, 1.807) is 24.3 Å². The Morgan fingerprint density at radius 1 is 0.931 bits per heavy atom.